The van der Waals surface area contributed by atoms with Crippen molar-refractivity contribution in [2.24, 2.45) is 16.9 Å². The Kier molecular flexibility index (Phi) is 2.56. The van der Waals surface area contributed by atoms with Crippen molar-refractivity contribution in [1.29, 1.82) is 0 Å². The van der Waals surface area contributed by atoms with Gasteiger partial charge in [0.25, 0.3) is 0 Å². The molecule has 2 nitrogen and oxygen atoms in total. The highest BCUT2D eigenvalue weighted by atomic mass is 15.4. The first-order valence-electron chi connectivity index (χ1n) is 5.57. The molecule has 2 fully saturated rings. The summed E-state index contributed by atoms with van der Waals surface area (Å²) in [5, 5.41) is 6.66. The van der Waals surface area contributed by atoms with Crippen LogP contribution in [0.15, 0.2) is 5.10 Å². The van der Waals surface area contributed by atoms with Crippen molar-refractivity contribution in [2.45, 2.75) is 39.0 Å². The van der Waals surface area contributed by atoms with Gasteiger partial charge in [-0.05, 0) is 50.9 Å². The van der Waals surface area contributed by atoms with Crippen LogP contribution in [0.5, 0.6) is 0 Å². The highest BCUT2D eigenvalue weighted by Crippen LogP contribution is 2.44. The summed E-state index contributed by atoms with van der Waals surface area (Å²) in [4.78, 5) is 0. The molecule has 0 radical (unpaired) electrons. The molecule has 0 bridgehead atoms. The van der Waals surface area contributed by atoms with E-state index < -0.39 is 0 Å². The first kappa shape index (κ1) is 9.04. The van der Waals surface area contributed by atoms with Crippen LogP contribution in [0, 0.1) is 11.8 Å². The molecule has 0 heterocycles. The monoisotopic (exact) mass is 180 g/mol. The fourth-order valence-electron chi connectivity index (χ4n) is 2.23. The number of hydrogen-bond acceptors (Lipinski definition) is 2. The van der Waals surface area contributed by atoms with Crippen LogP contribution in [0.2, 0.25) is 0 Å². The van der Waals surface area contributed by atoms with Crippen LogP contribution in [-0.2, 0) is 0 Å². The van der Waals surface area contributed by atoms with Crippen molar-refractivity contribution in [2.75, 3.05) is 13.6 Å². The average Bonchev–Trinajstić information content (AvgIpc) is 2.88. The minimum Gasteiger partial charge on any atom is -0.300 e. The Hall–Kier alpha value is -0.530. The van der Waals surface area contributed by atoms with Gasteiger partial charge in [-0.1, -0.05) is 0 Å². The molecule has 0 aromatic carbocycles. The summed E-state index contributed by atoms with van der Waals surface area (Å²) < 4.78 is 0. The second-order valence-electron chi connectivity index (χ2n) is 4.48. The van der Waals surface area contributed by atoms with Crippen molar-refractivity contribution >= 4 is 5.71 Å². The molecule has 13 heavy (non-hydrogen) atoms. The van der Waals surface area contributed by atoms with E-state index in [4.69, 9.17) is 0 Å². The smallest absolute Gasteiger partial charge is 0.0383 e. The minimum absolute atomic E-state index is 0.990. The Labute approximate surface area is 81.0 Å². The molecule has 2 saturated carbocycles. The normalized spacial score (nSPS) is 31.2. The van der Waals surface area contributed by atoms with Gasteiger partial charge >= 0.3 is 0 Å². The second-order valence-corrected chi connectivity index (χ2v) is 4.48. The van der Waals surface area contributed by atoms with E-state index in [1.165, 1.54) is 37.8 Å². The third-order valence-corrected chi connectivity index (χ3v) is 3.36. The zero-order valence-electron chi connectivity index (χ0n) is 8.79. The standard InChI is InChI=1S/C11H20N2/c1-3-13(2)12-11-7-6-10(8-11)9-4-5-9/h9-10H,3-8H2,1-2H3/b12-11+. The van der Waals surface area contributed by atoms with Gasteiger partial charge in [0.1, 0.15) is 0 Å². The van der Waals surface area contributed by atoms with Crippen LogP contribution in [0.1, 0.15) is 39.0 Å². The first-order chi connectivity index (χ1) is 6.29. The van der Waals surface area contributed by atoms with Gasteiger partial charge in [-0.2, -0.15) is 5.10 Å². The van der Waals surface area contributed by atoms with Gasteiger partial charge in [-0.3, -0.25) is 0 Å². The van der Waals surface area contributed by atoms with Gasteiger partial charge in [-0.15, -0.1) is 0 Å². The number of hydrogen-bond donors (Lipinski definition) is 0. The predicted octanol–water partition coefficient (Wildman–Crippen LogP) is 2.50. The topological polar surface area (TPSA) is 15.6 Å². The third kappa shape index (κ3) is 2.23. The largest absolute Gasteiger partial charge is 0.300 e. The molecule has 2 aliphatic rings. The summed E-state index contributed by atoms with van der Waals surface area (Å²) in [6, 6.07) is 0. The molecule has 74 valence electrons. The molecular formula is C11H20N2. The van der Waals surface area contributed by atoms with Crippen molar-refractivity contribution in [3.8, 4) is 0 Å². The molecule has 0 aliphatic heterocycles. The molecule has 0 N–H and O–H groups in total. The first-order valence-corrected chi connectivity index (χ1v) is 5.57. The van der Waals surface area contributed by atoms with E-state index in [2.05, 4.69) is 24.1 Å². The van der Waals surface area contributed by atoms with E-state index >= 15 is 0 Å². The molecule has 0 aromatic rings. The summed E-state index contributed by atoms with van der Waals surface area (Å²) in [6.07, 6.45) is 6.92. The molecule has 0 spiro atoms. The lowest BCUT2D eigenvalue weighted by molar-refractivity contribution is 0.373. The van der Waals surface area contributed by atoms with Crippen molar-refractivity contribution in [3.63, 3.8) is 0 Å². The van der Waals surface area contributed by atoms with Gasteiger partial charge in [0, 0.05) is 19.3 Å². The van der Waals surface area contributed by atoms with Crippen LogP contribution >= 0.6 is 0 Å². The fraction of sp³-hybridized carbons (Fsp3) is 0.909. The fourth-order valence-corrected chi connectivity index (χ4v) is 2.23. The zero-order valence-corrected chi connectivity index (χ0v) is 8.79. The molecule has 1 atom stereocenters. The van der Waals surface area contributed by atoms with Crippen molar-refractivity contribution in [3.05, 3.63) is 0 Å². The van der Waals surface area contributed by atoms with E-state index in [9.17, 15) is 0 Å². The Morgan fingerprint density at radius 3 is 2.69 bits per heavy atom. The summed E-state index contributed by atoms with van der Waals surface area (Å²) in [5.74, 6) is 2.06. The Morgan fingerprint density at radius 1 is 1.31 bits per heavy atom. The number of hydrazone groups is 1. The summed E-state index contributed by atoms with van der Waals surface area (Å²) in [7, 11) is 2.07. The maximum absolute atomic E-state index is 4.60. The highest BCUT2D eigenvalue weighted by molar-refractivity contribution is 5.86. The lowest BCUT2D eigenvalue weighted by atomic mass is 10.0. The van der Waals surface area contributed by atoms with Crippen LogP contribution in [-0.4, -0.2) is 24.3 Å². The SMILES string of the molecule is CCN(C)/N=C1\CCC(C2CC2)C1. The minimum atomic E-state index is 0.990. The van der Waals surface area contributed by atoms with E-state index in [-0.39, 0.29) is 0 Å². The molecule has 0 aromatic heterocycles. The van der Waals surface area contributed by atoms with E-state index in [1.807, 2.05) is 0 Å². The molecule has 0 saturated heterocycles. The lowest BCUT2D eigenvalue weighted by Crippen LogP contribution is -2.12. The molecule has 2 rings (SSSR count). The van der Waals surface area contributed by atoms with E-state index in [1.54, 1.807) is 0 Å². The van der Waals surface area contributed by atoms with E-state index in [0.29, 0.717) is 0 Å². The number of rotatable bonds is 3. The molecule has 2 aliphatic carbocycles. The van der Waals surface area contributed by atoms with Gasteiger partial charge in [0.05, 0.1) is 0 Å². The van der Waals surface area contributed by atoms with Crippen LogP contribution in [0.25, 0.3) is 0 Å². The van der Waals surface area contributed by atoms with Gasteiger partial charge in [0.15, 0.2) is 0 Å². The second kappa shape index (κ2) is 3.69. The third-order valence-electron chi connectivity index (χ3n) is 3.36. The summed E-state index contributed by atoms with van der Waals surface area (Å²) in [6.45, 7) is 3.18. The van der Waals surface area contributed by atoms with Crippen LogP contribution in [0.4, 0.5) is 0 Å². The molecular weight excluding hydrogens is 160 g/mol. The van der Waals surface area contributed by atoms with Gasteiger partial charge in [0.2, 0.25) is 0 Å². The maximum Gasteiger partial charge on any atom is 0.0383 e. The quantitative estimate of drug-likeness (QED) is 0.609. The predicted molar refractivity (Wildman–Crippen MR) is 55.8 cm³/mol. The summed E-state index contributed by atoms with van der Waals surface area (Å²) >= 11 is 0. The van der Waals surface area contributed by atoms with Gasteiger partial charge < -0.3 is 5.01 Å². The maximum atomic E-state index is 4.60. The number of nitrogens with zero attached hydrogens (tertiary/aromatic N) is 2. The Bertz CT molecular complexity index is 206. The van der Waals surface area contributed by atoms with Crippen LogP contribution in [0.3, 0.4) is 0 Å². The Balaban J connectivity index is 1.85. The highest BCUT2D eigenvalue weighted by Gasteiger charge is 2.35. The zero-order chi connectivity index (χ0) is 9.26. The summed E-state index contributed by atoms with van der Waals surface area (Å²) in [5.41, 5.74) is 1.45. The van der Waals surface area contributed by atoms with Gasteiger partial charge in [-0.25, -0.2) is 0 Å². The lowest BCUT2D eigenvalue weighted by Gasteiger charge is -2.10. The molecule has 0 amide bonds. The average molecular weight is 180 g/mol. The Morgan fingerprint density at radius 2 is 2.08 bits per heavy atom. The van der Waals surface area contributed by atoms with Crippen LogP contribution < -0.4 is 0 Å². The molecule has 2 heteroatoms. The molecule has 1 unspecified atom stereocenters. The van der Waals surface area contributed by atoms with Crippen molar-refractivity contribution in [1.82, 2.24) is 5.01 Å². The van der Waals surface area contributed by atoms with E-state index in [0.717, 1.165) is 18.4 Å². The van der Waals surface area contributed by atoms with Crippen molar-refractivity contribution < 1.29 is 0 Å².